The quantitative estimate of drug-likeness (QED) is 0.879. The number of benzene rings is 1. The minimum Gasteiger partial charge on any atom is -0.465 e. The molecular formula is C15H10F2N2O3. The van der Waals surface area contributed by atoms with E-state index in [2.05, 4.69) is 4.98 Å². The van der Waals surface area contributed by atoms with Crippen LogP contribution < -0.4 is 0 Å². The predicted molar refractivity (Wildman–Crippen MR) is 72.4 cm³/mol. The lowest BCUT2D eigenvalue weighted by Gasteiger charge is -2.24. The fraction of sp³-hybridized carbons (Fsp3) is 0.133. The van der Waals surface area contributed by atoms with E-state index in [1.165, 1.54) is 18.2 Å². The van der Waals surface area contributed by atoms with Crippen molar-refractivity contribution < 1.29 is 23.5 Å². The summed E-state index contributed by atoms with van der Waals surface area (Å²) >= 11 is 0. The fourth-order valence-corrected chi connectivity index (χ4v) is 2.35. The average Bonchev–Trinajstić information content (AvgIpc) is 2.49. The molecule has 0 aliphatic carbocycles. The summed E-state index contributed by atoms with van der Waals surface area (Å²) in [6, 6.07) is 6.35. The number of imide groups is 1. The largest absolute Gasteiger partial charge is 0.465 e. The third-order valence-corrected chi connectivity index (χ3v) is 3.47. The lowest BCUT2D eigenvalue weighted by molar-refractivity contribution is 0.0725. The molecule has 1 aromatic carbocycles. The minimum absolute atomic E-state index is 0.0232. The summed E-state index contributed by atoms with van der Waals surface area (Å²) in [6.07, 6.45) is -1.02. The van der Waals surface area contributed by atoms with Crippen LogP contribution in [0, 0.1) is 11.6 Å². The van der Waals surface area contributed by atoms with E-state index < -0.39 is 23.6 Å². The van der Waals surface area contributed by atoms with Gasteiger partial charge in [-0.1, -0.05) is 0 Å². The van der Waals surface area contributed by atoms with Crippen molar-refractivity contribution in [2.75, 3.05) is 6.54 Å². The minimum atomic E-state index is -1.31. The molecule has 2 heterocycles. The number of carboxylic acid groups (broad SMARTS) is 1. The molecule has 0 radical (unpaired) electrons. The van der Waals surface area contributed by atoms with Crippen LogP contribution in [0.25, 0.3) is 11.3 Å². The molecule has 5 nitrogen and oxygen atoms in total. The van der Waals surface area contributed by atoms with Crippen molar-refractivity contribution in [1.82, 2.24) is 9.88 Å². The van der Waals surface area contributed by atoms with Crippen molar-refractivity contribution in [3.8, 4) is 11.3 Å². The molecule has 0 bridgehead atoms. The van der Waals surface area contributed by atoms with E-state index >= 15 is 0 Å². The molecule has 7 heteroatoms. The molecule has 1 aliphatic rings. The molecule has 1 aromatic heterocycles. The molecule has 22 heavy (non-hydrogen) atoms. The van der Waals surface area contributed by atoms with Crippen molar-refractivity contribution in [3.63, 3.8) is 0 Å². The van der Waals surface area contributed by atoms with Gasteiger partial charge in [-0.3, -0.25) is 9.78 Å². The number of fused-ring (bicyclic) bond motifs is 1. The molecule has 0 saturated heterocycles. The molecule has 0 spiro atoms. The summed E-state index contributed by atoms with van der Waals surface area (Å²) in [4.78, 5) is 27.9. The highest BCUT2D eigenvalue weighted by atomic mass is 19.2. The van der Waals surface area contributed by atoms with Gasteiger partial charge < -0.3 is 5.11 Å². The molecule has 2 aromatic rings. The first-order valence-corrected chi connectivity index (χ1v) is 6.47. The maximum absolute atomic E-state index is 13.3. The highest BCUT2D eigenvalue weighted by molar-refractivity contribution is 6.04. The molecule has 0 unspecified atom stereocenters. The second-order valence-electron chi connectivity index (χ2n) is 4.81. The monoisotopic (exact) mass is 304 g/mol. The highest BCUT2D eigenvalue weighted by Crippen LogP contribution is 2.24. The Kier molecular flexibility index (Phi) is 3.32. The van der Waals surface area contributed by atoms with E-state index in [-0.39, 0.29) is 18.5 Å². The van der Waals surface area contributed by atoms with E-state index in [1.54, 1.807) is 0 Å². The Morgan fingerprint density at radius 1 is 1.18 bits per heavy atom. The number of pyridine rings is 1. The standard InChI is InChI=1S/C15H10F2N2O3/c16-10-3-1-8(7-11(10)17)12-4-2-9-13(18-12)5-6-19(14(9)20)15(21)22/h1-4,7H,5-6H2,(H,21,22). The number of nitrogens with zero attached hydrogens (tertiary/aromatic N) is 2. The molecular weight excluding hydrogens is 294 g/mol. The van der Waals surface area contributed by atoms with Crippen LogP contribution in [-0.2, 0) is 6.42 Å². The van der Waals surface area contributed by atoms with Crippen LogP contribution in [0.15, 0.2) is 30.3 Å². The van der Waals surface area contributed by atoms with Crippen molar-refractivity contribution in [2.24, 2.45) is 0 Å². The maximum atomic E-state index is 13.3. The number of carbonyl (C=O) groups excluding carboxylic acids is 1. The van der Waals surface area contributed by atoms with Gasteiger partial charge in [-0.25, -0.2) is 18.5 Å². The second kappa shape index (κ2) is 5.18. The summed E-state index contributed by atoms with van der Waals surface area (Å²) in [5.41, 5.74) is 1.44. The number of halogens is 2. The summed E-state index contributed by atoms with van der Waals surface area (Å²) in [5, 5.41) is 8.93. The third-order valence-electron chi connectivity index (χ3n) is 3.47. The smallest absolute Gasteiger partial charge is 0.414 e. The fourth-order valence-electron chi connectivity index (χ4n) is 2.35. The summed E-state index contributed by atoms with van der Waals surface area (Å²) in [6.45, 7) is 0.0232. The van der Waals surface area contributed by atoms with E-state index in [0.717, 1.165) is 17.0 Å². The number of amides is 2. The molecule has 0 fully saturated rings. The van der Waals surface area contributed by atoms with Gasteiger partial charge in [0, 0.05) is 18.5 Å². The number of hydrogen-bond donors (Lipinski definition) is 1. The van der Waals surface area contributed by atoms with Gasteiger partial charge >= 0.3 is 6.09 Å². The van der Waals surface area contributed by atoms with Crippen molar-refractivity contribution in [2.45, 2.75) is 6.42 Å². The van der Waals surface area contributed by atoms with Gasteiger partial charge in [-0.15, -0.1) is 0 Å². The van der Waals surface area contributed by atoms with Crippen LogP contribution in [0.3, 0.4) is 0 Å². The lowest BCUT2D eigenvalue weighted by atomic mass is 10.0. The van der Waals surface area contributed by atoms with Gasteiger partial charge in [0.2, 0.25) is 0 Å². The van der Waals surface area contributed by atoms with E-state index in [0.29, 0.717) is 17.0 Å². The molecule has 3 rings (SSSR count). The Hall–Kier alpha value is -2.83. The topological polar surface area (TPSA) is 70.5 Å². The molecule has 0 saturated carbocycles. The van der Waals surface area contributed by atoms with Crippen LogP contribution >= 0.6 is 0 Å². The SMILES string of the molecule is O=C(O)N1CCc2nc(-c3ccc(F)c(F)c3)ccc2C1=O. The Morgan fingerprint density at radius 3 is 2.64 bits per heavy atom. The number of hydrogen-bond acceptors (Lipinski definition) is 3. The van der Waals surface area contributed by atoms with Gasteiger partial charge in [-0.05, 0) is 30.3 Å². The first-order valence-electron chi connectivity index (χ1n) is 6.47. The maximum Gasteiger partial charge on any atom is 0.414 e. The lowest BCUT2D eigenvalue weighted by Crippen LogP contribution is -2.41. The second-order valence-corrected chi connectivity index (χ2v) is 4.81. The molecule has 2 amide bonds. The summed E-state index contributed by atoms with van der Waals surface area (Å²) in [7, 11) is 0. The summed E-state index contributed by atoms with van der Waals surface area (Å²) < 4.78 is 26.2. The van der Waals surface area contributed by atoms with Gasteiger partial charge in [-0.2, -0.15) is 0 Å². The average molecular weight is 304 g/mol. The van der Waals surface area contributed by atoms with E-state index in [1.807, 2.05) is 0 Å². The molecule has 1 N–H and O–H groups in total. The first kappa shape index (κ1) is 14.1. The van der Waals surface area contributed by atoms with E-state index in [9.17, 15) is 18.4 Å². The zero-order valence-electron chi connectivity index (χ0n) is 11.2. The summed E-state index contributed by atoms with van der Waals surface area (Å²) in [5.74, 6) is -2.56. The van der Waals surface area contributed by atoms with Gasteiger partial charge in [0.1, 0.15) is 0 Å². The van der Waals surface area contributed by atoms with Gasteiger partial charge in [0.25, 0.3) is 5.91 Å². The van der Waals surface area contributed by atoms with Crippen LogP contribution in [0.2, 0.25) is 0 Å². The molecule has 1 aliphatic heterocycles. The zero-order chi connectivity index (χ0) is 15.9. The number of rotatable bonds is 1. The van der Waals surface area contributed by atoms with Crippen LogP contribution in [0.4, 0.5) is 13.6 Å². The van der Waals surface area contributed by atoms with E-state index in [4.69, 9.17) is 5.11 Å². The van der Waals surface area contributed by atoms with Crippen molar-refractivity contribution in [1.29, 1.82) is 0 Å². The Balaban J connectivity index is 2.00. The number of aromatic nitrogens is 1. The van der Waals surface area contributed by atoms with Crippen molar-refractivity contribution >= 4 is 12.0 Å². The zero-order valence-corrected chi connectivity index (χ0v) is 11.2. The number of carbonyl (C=O) groups is 2. The van der Waals surface area contributed by atoms with Crippen LogP contribution in [0.1, 0.15) is 16.1 Å². The Bertz CT molecular complexity index is 792. The molecule has 0 atom stereocenters. The Labute approximate surface area is 123 Å². The van der Waals surface area contributed by atoms with Crippen molar-refractivity contribution in [3.05, 3.63) is 53.2 Å². The normalized spacial score (nSPS) is 13.9. The highest BCUT2D eigenvalue weighted by Gasteiger charge is 2.29. The molecule has 112 valence electrons. The first-order chi connectivity index (χ1) is 10.5. The van der Waals surface area contributed by atoms with Crippen LogP contribution in [-0.4, -0.2) is 33.5 Å². The van der Waals surface area contributed by atoms with Crippen LogP contribution in [0.5, 0.6) is 0 Å². The third kappa shape index (κ3) is 2.30. The van der Waals surface area contributed by atoms with Gasteiger partial charge in [0.15, 0.2) is 11.6 Å². The Morgan fingerprint density at radius 2 is 1.95 bits per heavy atom. The van der Waals surface area contributed by atoms with Gasteiger partial charge in [0.05, 0.1) is 17.0 Å². The predicted octanol–water partition coefficient (Wildman–Crippen LogP) is 2.70.